The van der Waals surface area contributed by atoms with Crippen LogP contribution in [0.2, 0.25) is 0 Å². The summed E-state index contributed by atoms with van der Waals surface area (Å²) in [5, 5.41) is 8.69. The molecule has 13 heavy (non-hydrogen) atoms. The minimum atomic E-state index is -1.11. The normalized spacial score (nSPS) is 27.3. The van der Waals surface area contributed by atoms with Gasteiger partial charge in [0.2, 0.25) is 0 Å². The number of ketones is 1. The Hall–Kier alpha value is -1.39. The zero-order valence-corrected chi connectivity index (χ0v) is 7.15. The Labute approximate surface area is 74.7 Å². The molecule has 5 heteroatoms. The molecular formula is C8H10O5. The van der Waals surface area contributed by atoms with Crippen LogP contribution < -0.4 is 0 Å². The summed E-state index contributed by atoms with van der Waals surface area (Å²) in [6, 6.07) is 0. The standard InChI is InChI=1S/C8H10O5/c1-13-8(12)6-3-4(9)2-5(6)7(10)11/h5-6H,2-3H2,1H3,(H,10,11). The fourth-order valence-corrected chi connectivity index (χ4v) is 1.52. The summed E-state index contributed by atoms with van der Waals surface area (Å²) in [6.07, 6.45) is -0.0707. The zero-order valence-electron chi connectivity index (χ0n) is 7.15. The number of methoxy groups -OCH3 is 1. The highest BCUT2D eigenvalue weighted by atomic mass is 16.5. The first-order valence-electron chi connectivity index (χ1n) is 3.88. The number of carboxylic acids is 1. The number of aliphatic carboxylic acids is 1. The van der Waals surface area contributed by atoms with Crippen molar-refractivity contribution < 1.29 is 24.2 Å². The number of Topliss-reactive ketones (excluding diaryl/α,β-unsaturated/α-hetero) is 1. The van der Waals surface area contributed by atoms with Crippen molar-refractivity contribution >= 4 is 17.7 Å². The lowest BCUT2D eigenvalue weighted by Gasteiger charge is -2.11. The number of carbonyl (C=O) groups is 3. The molecule has 2 atom stereocenters. The van der Waals surface area contributed by atoms with E-state index in [0.717, 1.165) is 0 Å². The molecule has 0 aliphatic heterocycles. The van der Waals surface area contributed by atoms with E-state index in [4.69, 9.17) is 5.11 Å². The summed E-state index contributed by atoms with van der Waals surface area (Å²) in [6.45, 7) is 0. The maximum atomic E-state index is 11.0. The number of esters is 1. The third-order valence-electron chi connectivity index (χ3n) is 2.20. The van der Waals surface area contributed by atoms with Gasteiger partial charge in [0.1, 0.15) is 5.78 Å². The van der Waals surface area contributed by atoms with E-state index in [2.05, 4.69) is 4.74 Å². The van der Waals surface area contributed by atoms with Gasteiger partial charge in [-0.2, -0.15) is 0 Å². The number of ether oxygens (including phenoxy) is 1. The van der Waals surface area contributed by atoms with Gasteiger partial charge in [-0.1, -0.05) is 0 Å². The highest BCUT2D eigenvalue weighted by molar-refractivity contribution is 5.94. The molecule has 1 rings (SSSR count). The van der Waals surface area contributed by atoms with Gasteiger partial charge in [0, 0.05) is 12.8 Å². The second-order valence-corrected chi connectivity index (χ2v) is 3.02. The summed E-state index contributed by atoms with van der Waals surface area (Å²) in [4.78, 5) is 32.6. The van der Waals surface area contributed by atoms with Crippen LogP contribution in [0.4, 0.5) is 0 Å². The molecule has 0 spiro atoms. The van der Waals surface area contributed by atoms with E-state index >= 15 is 0 Å². The van der Waals surface area contributed by atoms with E-state index in [1.807, 2.05) is 0 Å². The predicted molar refractivity (Wildman–Crippen MR) is 40.9 cm³/mol. The first-order valence-corrected chi connectivity index (χ1v) is 3.88. The number of hydrogen-bond acceptors (Lipinski definition) is 4. The second kappa shape index (κ2) is 3.55. The Bertz CT molecular complexity index is 257. The van der Waals surface area contributed by atoms with E-state index < -0.39 is 23.8 Å². The Morgan fingerprint density at radius 1 is 1.38 bits per heavy atom. The predicted octanol–water partition coefficient (Wildman–Crippen LogP) is -0.161. The van der Waals surface area contributed by atoms with Gasteiger partial charge in [-0.25, -0.2) is 0 Å². The fraction of sp³-hybridized carbons (Fsp3) is 0.625. The van der Waals surface area contributed by atoms with E-state index in [0.29, 0.717) is 0 Å². The van der Waals surface area contributed by atoms with Crippen molar-refractivity contribution in [3.8, 4) is 0 Å². The van der Waals surface area contributed by atoms with Crippen LogP contribution in [-0.2, 0) is 19.1 Å². The molecule has 0 heterocycles. The van der Waals surface area contributed by atoms with Crippen LogP contribution in [0.5, 0.6) is 0 Å². The molecule has 1 N–H and O–H groups in total. The monoisotopic (exact) mass is 186 g/mol. The molecule has 2 unspecified atom stereocenters. The van der Waals surface area contributed by atoms with Gasteiger partial charge in [0.15, 0.2) is 0 Å². The van der Waals surface area contributed by atoms with Gasteiger partial charge in [-0.15, -0.1) is 0 Å². The number of carboxylic acid groups (broad SMARTS) is 1. The van der Waals surface area contributed by atoms with Crippen LogP contribution in [0.3, 0.4) is 0 Å². The quantitative estimate of drug-likeness (QED) is 0.606. The first kappa shape index (κ1) is 9.70. The molecule has 0 aromatic heterocycles. The maximum Gasteiger partial charge on any atom is 0.309 e. The highest BCUT2D eigenvalue weighted by Gasteiger charge is 2.42. The number of rotatable bonds is 2. The average molecular weight is 186 g/mol. The molecule has 0 radical (unpaired) electrons. The van der Waals surface area contributed by atoms with Gasteiger partial charge >= 0.3 is 11.9 Å². The van der Waals surface area contributed by atoms with Crippen LogP contribution in [0.25, 0.3) is 0 Å². The van der Waals surface area contributed by atoms with Gasteiger partial charge in [-0.05, 0) is 0 Å². The Morgan fingerprint density at radius 3 is 2.38 bits per heavy atom. The van der Waals surface area contributed by atoms with Crippen LogP contribution in [0.15, 0.2) is 0 Å². The zero-order chi connectivity index (χ0) is 10.0. The molecule has 0 amide bonds. The molecule has 1 aliphatic carbocycles. The summed E-state index contributed by atoms with van der Waals surface area (Å²) in [5.74, 6) is -3.61. The SMILES string of the molecule is COC(=O)C1CC(=O)CC1C(=O)O. The average Bonchev–Trinajstić information content (AvgIpc) is 2.46. The molecule has 1 aliphatic rings. The third-order valence-corrected chi connectivity index (χ3v) is 2.20. The van der Waals surface area contributed by atoms with Crippen LogP contribution >= 0.6 is 0 Å². The largest absolute Gasteiger partial charge is 0.481 e. The molecule has 0 aromatic rings. The minimum absolute atomic E-state index is 0.0103. The third kappa shape index (κ3) is 1.85. The summed E-state index contributed by atoms with van der Waals surface area (Å²) in [7, 11) is 1.18. The van der Waals surface area contributed by atoms with Crippen molar-refractivity contribution in [3.05, 3.63) is 0 Å². The van der Waals surface area contributed by atoms with Gasteiger partial charge < -0.3 is 9.84 Å². The topological polar surface area (TPSA) is 80.7 Å². The van der Waals surface area contributed by atoms with Crippen molar-refractivity contribution in [2.75, 3.05) is 7.11 Å². The van der Waals surface area contributed by atoms with E-state index in [1.165, 1.54) is 7.11 Å². The summed E-state index contributed by atoms with van der Waals surface area (Å²) >= 11 is 0. The molecule has 1 fully saturated rings. The van der Waals surface area contributed by atoms with E-state index in [-0.39, 0.29) is 18.6 Å². The highest BCUT2D eigenvalue weighted by Crippen LogP contribution is 2.30. The van der Waals surface area contributed by atoms with Gasteiger partial charge in [0.05, 0.1) is 18.9 Å². The molecule has 0 saturated heterocycles. The van der Waals surface area contributed by atoms with Gasteiger partial charge in [0.25, 0.3) is 0 Å². The molecule has 1 saturated carbocycles. The molecule has 0 bridgehead atoms. The fourth-order valence-electron chi connectivity index (χ4n) is 1.52. The van der Waals surface area contributed by atoms with Gasteiger partial charge in [-0.3, -0.25) is 14.4 Å². The smallest absolute Gasteiger partial charge is 0.309 e. The summed E-state index contributed by atoms with van der Waals surface area (Å²) < 4.78 is 4.41. The van der Waals surface area contributed by atoms with Crippen LogP contribution in [-0.4, -0.2) is 29.9 Å². The first-order chi connectivity index (χ1) is 6.06. The Kier molecular flexibility index (Phi) is 2.65. The lowest BCUT2D eigenvalue weighted by atomic mass is 9.97. The Morgan fingerprint density at radius 2 is 1.92 bits per heavy atom. The molecule has 0 aromatic carbocycles. The number of hydrogen-bond donors (Lipinski definition) is 1. The van der Waals surface area contributed by atoms with Crippen molar-refractivity contribution in [2.24, 2.45) is 11.8 Å². The van der Waals surface area contributed by atoms with Crippen molar-refractivity contribution in [3.63, 3.8) is 0 Å². The molecular weight excluding hydrogens is 176 g/mol. The maximum absolute atomic E-state index is 11.0. The van der Waals surface area contributed by atoms with Crippen LogP contribution in [0.1, 0.15) is 12.8 Å². The van der Waals surface area contributed by atoms with Crippen molar-refractivity contribution in [1.82, 2.24) is 0 Å². The lowest BCUT2D eigenvalue weighted by molar-refractivity contribution is -0.154. The Balaban J connectivity index is 2.77. The van der Waals surface area contributed by atoms with Crippen LogP contribution in [0, 0.1) is 11.8 Å². The number of carbonyl (C=O) groups excluding carboxylic acids is 2. The second-order valence-electron chi connectivity index (χ2n) is 3.02. The molecule has 72 valence electrons. The van der Waals surface area contributed by atoms with Crippen molar-refractivity contribution in [2.45, 2.75) is 12.8 Å². The summed E-state index contributed by atoms with van der Waals surface area (Å²) in [5.41, 5.74) is 0. The van der Waals surface area contributed by atoms with E-state index in [1.54, 1.807) is 0 Å². The lowest BCUT2D eigenvalue weighted by Crippen LogP contribution is -2.26. The minimum Gasteiger partial charge on any atom is -0.481 e. The molecule has 5 nitrogen and oxygen atoms in total. The van der Waals surface area contributed by atoms with E-state index in [9.17, 15) is 14.4 Å². The van der Waals surface area contributed by atoms with Crippen molar-refractivity contribution in [1.29, 1.82) is 0 Å².